The number of hydrogen-bond acceptors (Lipinski definition) is 2. The van der Waals surface area contributed by atoms with Gasteiger partial charge in [-0.1, -0.05) is 92.5 Å². The van der Waals surface area contributed by atoms with Crippen LogP contribution in [-0.4, -0.2) is 0 Å². The van der Waals surface area contributed by atoms with E-state index in [1.807, 2.05) is 74.5 Å². The molecule has 2 rings (SSSR count). The van der Waals surface area contributed by atoms with Gasteiger partial charge in [-0.05, 0) is 25.0 Å². The normalized spacial score (nSPS) is 17.6. The second-order valence-electron chi connectivity index (χ2n) is 4.84. The summed E-state index contributed by atoms with van der Waals surface area (Å²) in [6.45, 7) is 3.97. The number of rotatable bonds is 4. The van der Waals surface area contributed by atoms with E-state index in [2.05, 4.69) is 42.1 Å². The lowest BCUT2D eigenvalue weighted by Crippen LogP contribution is -2.13. The van der Waals surface area contributed by atoms with Crippen LogP contribution in [0.2, 0.25) is 0 Å². The van der Waals surface area contributed by atoms with Crippen molar-refractivity contribution in [1.82, 2.24) is 0 Å². The Balaban J connectivity index is 2.24. The maximum Gasteiger partial charge on any atom is 0.158 e. The number of nitrogens with zero attached hydrogens (tertiary/aromatic N) is 2. The standard InChI is InChI=1S/C16H16Br2N2/c1-15(17,13-9-5-3-6-10-13)19-20-16(2,18)14-11-7-4-8-12-14/h3-12H,1-2H3. The van der Waals surface area contributed by atoms with Crippen molar-refractivity contribution in [2.24, 2.45) is 10.2 Å². The largest absolute Gasteiger partial charge is 0.169 e. The van der Waals surface area contributed by atoms with E-state index in [4.69, 9.17) is 0 Å². The topological polar surface area (TPSA) is 24.7 Å². The molecule has 0 bridgehead atoms. The van der Waals surface area contributed by atoms with E-state index in [9.17, 15) is 0 Å². The molecule has 2 nitrogen and oxygen atoms in total. The molecule has 0 spiro atoms. The zero-order chi connectivity index (χ0) is 14.6. The van der Waals surface area contributed by atoms with Crippen molar-refractivity contribution < 1.29 is 0 Å². The molecule has 2 aromatic rings. The molecule has 104 valence electrons. The van der Waals surface area contributed by atoms with Crippen molar-refractivity contribution in [1.29, 1.82) is 0 Å². The zero-order valence-corrected chi connectivity index (χ0v) is 14.6. The van der Waals surface area contributed by atoms with Crippen molar-refractivity contribution in [3.8, 4) is 0 Å². The highest BCUT2D eigenvalue weighted by atomic mass is 79.9. The van der Waals surface area contributed by atoms with Gasteiger partial charge in [0, 0.05) is 0 Å². The molecular weight excluding hydrogens is 380 g/mol. The molecule has 2 unspecified atom stereocenters. The molecule has 0 fully saturated rings. The van der Waals surface area contributed by atoms with Gasteiger partial charge < -0.3 is 0 Å². The van der Waals surface area contributed by atoms with Gasteiger partial charge in [0.2, 0.25) is 0 Å². The maximum atomic E-state index is 4.47. The van der Waals surface area contributed by atoms with Crippen molar-refractivity contribution in [3.05, 3.63) is 71.8 Å². The fraction of sp³-hybridized carbons (Fsp3) is 0.250. The predicted molar refractivity (Wildman–Crippen MR) is 90.3 cm³/mol. The Bertz CT molecular complexity index is 524. The van der Waals surface area contributed by atoms with E-state index < -0.39 is 8.90 Å². The third-order valence-corrected chi connectivity index (χ3v) is 4.26. The molecule has 0 aromatic heterocycles. The molecule has 0 radical (unpaired) electrons. The van der Waals surface area contributed by atoms with Crippen LogP contribution in [0.15, 0.2) is 70.9 Å². The number of azo groups is 1. The van der Waals surface area contributed by atoms with Gasteiger partial charge in [0.25, 0.3) is 0 Å². The molecule has 0 heterocycles. The molecule has 0 saturated carbocycles. The second-order valence-corrected chi connectivity index (χ2v) is 7.93. The van der Waals surface area contributed by atoms with Crippen LogP contribution in [0.4, 0.5) is 0 Å². The van der Waals surface area contributed by atoms with Crippen molar-refractivity contribution in [2.75, 3.05) is 0 Å². The molecule has 0 aliphatic heterocycles. The van der Waals surface area contributed by atoms with Crippen LogP contribution in [0, 0.1) is 0 Å². The first-order chi connectivity index (χ1) is 9.42. The minimum atomic E-state index is -0.530. The van der Waals surface area contributed by atoms with Crippen molar-refractivity contribution >= 4 is 31.9 Å². The lowest BCUT2D eigenvalue weighted by atomic mass is 10.1. The van der Waals surface area contributed by atoms with Gasteiger partial charge in [0.15, 0.2) is 8.90 Å². The first-order valence-corrected chi connectivity index (χ1v) is 7.93. The van der Waals surface area contributed by atoms with Crippen LogP contribution in [0.3, 0.4) is 0 Å². The Morgan fingerprint density at radius 1 is 0.650 bits per heavy atom. The molecule has 0 amide bonds. The lowest BCUT2D eigenvalue weighted by molar-refractivity contribution is 0.608. The van der Waals surface area contributed by atoms with Gasteiger partial charge in [-0.2, -0.15) is 10.2 Å². The number of alkyl halides is 2. The molecule has 2 atom stereocenters. The maximum absolute atomic E-state index is 4.47. The fourth-order valence-corrected chi connectivity index (χ4v) is 2.48. The minimum Gasteiger partial charge on any atom is -0.169 e. The summed E-state index contributed by atoms with van der Waals surface area (Å²) in [6.07, 6.45) is 0. The van der Waals surface area contributed by atoms with Crippen molar-refractivity contribution in [2.45, 2.75) is 22.7 Å². The molecule has 20 heavy (non-hydrogen) atoms. The van der Waals surface area contributed by atoms with Crippen LogP contribution in [0.1, 0.15) is 25.0 Å². The van der Waals surface area contributed by atoms with Gasteiger partial charge in [0.1, 0.15) is 0 Å². The smallest absolute Gasteiger partial charge is 0.158 e. The Labute approximate surface area is 136 Å². The van der Waals surface area contributed by atoms with Gasteiger partial charge >= 0.3 is 0 Å². The average molecular weight is 396 g/mol. The summed E-state index contributed by atoms with van der Waals surface area (Å²) in [5.74, 6) is 0. The monoisotopic (exact) mass is 394 g/mol. The lowest BCUT2D eigenvalue weighted by Gasteiger charge is -2.21. The summed E-state index contributed by atoms with van der Waals surface area (Å²) in [4.78, 5) is 0. The van der Waals surface area contributed by atoms with Crippen LogP contribution in [0.25, 0.3) is 0 Å². The van der Waals surface area contributed by atoms with E-state index in [0.717, 1.165) is 11.1 Å². The van der Waals surface area contributed by atoms with E-state index >= 15 is 0 Å². The fourth-order valence-electron chi connectivity index (χ4n) is 1.79. The van der Waals surface area contributed by atoms with Crippen LogP contribution < -0.4 is 0 Å². The highest BCUT2D eigenvalue weighted by Crippen LogP contribution is 2.38. The average Bonchev–Trinajstić information content (AvgIpc) is 2.47. The Kier molecular flexibility index (Phi) is 4.76. The molecular formula is C16H16Br2N2. The van der Waals surface area contributed by atoms with Crippen LogP contribution in [-0.2, 0) is 8.90 Å². The number of hydrogen-bond donors (Lipinski definition) is 0. The highest BCUT2D eigenvalue weighted by molar-refractivity contribution is 9.10. The predicted octanol–water partition coefficient (Wildman–Crippen LogP) is 5.97. The third-order valence-electron chi connectivity index (χ3n) is 3.03. The molecule has 4 heteroatoms. The Morgan fingerprint density at radius 3 is 1.25 bits per heavy atom. The molecule has 2 aromatic carbocycles. The molecule has 0 aliphatic rings. The summed E-state index contributed by atoms with van der Waals surface area (Å²) in [5.41, 5.74) is 2.14. The second kappa shape index (κ2) is 6.19. The third kappa shape index (κ3) is 3.76. The minimum absolute atomic E-state index is 0.530. The molecule has 0 saturated heterocycles. The Hall–Kier alpha value is -1.00. The van der Waals surface area contributed by atoms with Gasteiger partial charge in [-0.3, -0.25) is 0 Å². The van der Waals surface area contributed by atoms with Crippen LogP contribution >= 0.6 is 31.9 Å². The summed E-state index contributed by atoms with van der Waals surface area (Å²) >= 11 is 7.27. The first kappa shape index (κ1) is 15.4. The van der Waals surface area contributed by atoms with E-state index in [1.165, 1.54) is 0 Å². The molecule has 0 aliphatic carbocycles. The number of halogens is 2. The van der Waals surface area contributed by atoms with E-state index in [-0.39, 0.29) is 0 Å². The van der Waals surface area contributed by atoms with Crippen LogP contribution in [0.5, 0.6) is 0 Å². The molecule has 0 N–H and O–H groups in total. The summed E-state index contributed by atoms with van der Waals surface area (Å²) < 4.78 is -1.06. The first-order valence-electron chi connectivity index (χ1n) is 6.35. The van der Waals surface area contributed by atoms with Gasteiger partial charge in [-0.15, -0.1) is 0 Å². The zero-order valence-electron chi connectivity index (χ0n) is 11.4. The highest BCUT2D eigenvalue weighted by Gasteiger charge is 2.26. The summed E-state index contributed by atoms with van der Waals surface area (Å²) in [7, 11) is 0. The number of benzene rings is 2. The summed E-state index contributed by atoms with van der Waals surface area (Å²) in [5, 5.41) is 8.94. The van der Waals surface area contributed by atoms with Gasteiger partial charge in [0.05, 0.1) is 0 Å². The van der Waals surface area contributed by atoms with Gasteiger partial charge in [-0.25, -0.2) is 0 Å². The summed E-state index contributed by atoms with van der Waals surface area (Å²) in [6, 6.07) is 20.1. The SMILES string of the molecule is CC(Br)(N=NC(C)(Br)c1ccccc1)c1ccccc1. The van der Waals surface area contributed by atoms with E-state index in [1.54, 1.807) is 0 Å². The quantitative estimate of drug-likeness (QED) is 0.346. The Morgan fingerprint density at radius 2 is 0.950 bits per heavy atom. The van der Waals surface area contributed by atoms with E-state index in [0.29, 0.717) is 0 Å². The van der Waals surface area contributed by atoms with Crippen molar-refractivity contribution in [3.63, 3.8) is 0 Å².